The standard InChI is InChI=1S/C16H17F9O2/c1-12(2,3)27-10-6-4-5-9(7-10)11(26)8-13(17,18)14(19,20)15(21,22)16(23,24)25/h4-7,11,26H,8H2,1-3H3. The lowest BCUT2D eigenvalue weighted by Crippen LogP contribution is -2.61. The molecule has 1 rings (SSSR count). The molecule has 1 aromatic carbocycles. The summed E-state index contributed by atoms with van der Waals surface area (Å²) in [4.78, 5) is 0. The van der Waals surface area contributed by atoms with E-state index in [9.17, 15) is 44.6 Å². The van der Waals surface area contributed by atoms with Crippen molar-refractivity contribution in [3.8, 4) is 5.75 Å². The van der Waals surface area contributed by atoms with Gasteiger partial charge in [0, 0.05) is 6.42 Å². The van der Waals surface area contributed by atoms with Crippen LogP contribution in [0.2, 0.25) is 0 Å². The number of hydrogen-bond acceptors (Lipinski definition) is 2. The first-order valence-electron chi connectivity index (χ1n) is 7.49. The molecule has 156 valence electrons. The molecule has 11 heteroatoms. The van der Waals surface area contributed by atoms with E-state index >= 15 is 0 Å². The zero-order chi connectivity index (χ0) is 21.5. The summed E-state index contributed by atoms with van der Waals surface area (Å²) in [7, 11) is 0. The average Bonchev–Trinajstić information content (AvgIpc) is 2.43. The van der Waals surface area contributed by atoms with Gasteiger partial charge in [-0.15, -0.1) is 0 Å². The van der Waals surface area contributed by atoms with Crippen LogP contribution in [0.3, 0.4) is 0 Å². The summed E-state index contributed by atoms with van der Waals surface area (Å²) in [5.41, 5.74) is -1.16. The molecule has 1 aromatic rings. The maximum Gasteiger partial charge on any atom is 0.460 e. The number of aliphatic hydroxyl groups is 1. The number of rotatable bonds is 6. The molecule has 0 saturated carbocycles. The van der Waals surface area contributed by atoms with Gasteiger partial charge in [-0.1, -0.05) is 12.1 Å². The molecule has 27 heavy (non-hydrogen) atoms. The molecule has 0 aliphatic rings. The van der Waals surface area contributed by atoms with Gasteiger partial charge >= 0.3 is 23.9 Å². The molecular formula is C16H17F9O2. The Bertz CT molecular complexity index is 648. The third-order valence-corrected chi connectivity index (χ3v) is 3.33. The Morgan fingerprint density at radius 3 is 1.85 bits per heavy atom. The topological polar surface area (TPSA) is 29.5 Å². The van der Waals surface area contributed by atoms with Gasteiger partial charge in [0.05, 0.1) is 6.10 Å². The fraction of sp³-hybridized carbons (Fsp3) is 0.625. The molecule has 0 radical (unpaired) electrons. The van der Waals surface area contributed by atoms with Crippen LogP contribution in [0.1, 0.15) is 38.9 Å². The van der Waals surface area contributed by atoms with E-state index in [1.165, 1.54) is 12.1 Å². The second-order valence-corrected chi connectivity index (χ2v) is 6.86. The van der Waals surface area contributed by atoms with E-state index in [0.717, 1.165) is 12.1 Å². The van der Waals surface area contributed by atoms with E-state index in [4.69, 9.17) is 4.74 Å². The van der Waals surface area contributed by atoms with Crippen molar-refractivity contribution in [2.45, 2.75) is 62.8 Å². The quantitative estimate of drug-likeness (QED) is 0.603. The number of hydrogen-bond donors (Lipinski definition) is 1. The van der Waals surface area contributed by atoms with Crippen LogP contribution in [0.4, 0.5) is 39.5 Å². The van der Waals surface area contributed by atoms with Gasteiger partial charge in [-0.3, -0.25) is 0 Å². The van der Waals surface area contributed by atoms with E-state index in [1.54, 1.807) is 20.8 Å². The molecule has 1 unspecified atom stereocenters. The Kier molecular flexibility index (Phi) is 6.12. The Labute approximate surface area is 148 Å². The van der Waals surface area contributed by atoms with E-state index in [0.29, 0.717) is 0 Å². The van der Waals surface area contributed by atoms with Crippen LogP contribution in [-0.2, 0) is 0 Å². The van der Waals surface area contributed by atoms with E-state index in [-0.39, 0.29) is 5.75 Å². The van der Waals surface area contributed by atoms with Crippen molar-refractivity contribution in [1.29, 1.82) is 0 Å². The van der Waals surface area contributed by atoms with Gasteiger partial charge in [0.2, 0.25) is 0 Å². The first kappa shape index (κ1) is 23.4. The molecule has 0 fully saturated rings. The van der Waals surface area contributed by atoms with Crippen molar-refractivity contribution >= 4 is 0 Å². The van der Waals surface area contributed by atoms with Gasteiger partial charge in [0.25, 0.3) is 0 Å². The number of halogens is 9. The predicted molar refractivity (Wildman–Crippen MR) is 77.3 cm³/mol. The Morgan fingerprint density at radius 1 is 0.889 bits per heavy atom. The Hall–Kier alpha value is -1.65. The molecule has 0 saturated heterocycles. The highest BCUT2D eigenvalue weighted by Crippen LogP contribution is 2.55. The normalized spacial score (nSPS) is 15.6. The maximum atomic E-state index is 13.6. The van der Waals surface area contributed by atoms with E-state index < -0.39 is 47.6 Å². The Balaban J connectivity index is 3.10. The zero-order valence-electron chi connectivity index (χ0n) is 14.4. The van der Waals surface area contributed by atoms with Crippen LogP contribution in [0.25, 0.3) is 0 Å². The summed E-state index contributed by atoms with van der Waals surface area (Å²) in [6.07, 6.45) is -11.7. The first-order chi connectivity index (χ1) is 11.8. The highest BCUT2D eigenvalue weighted by molar-refractivity contribution is 5.30. The highest BCUT2D eigenvalue weighted by Gasteiger charge is 2.81. The second-order valence-electron chi connectivity index (χ2n) is 6.86. The minimum atomic E-state index is -6.99. The molecule has 0 spiro atoms. The van der Waals surface area contributed by atoms with Crippen LogP contribution in [-0.4, -0.2) is 34.7 Å². The summed E-state index contributed by atoms with van der Waals surface area (Å²) >= 11 is 0. The molecule has 1 N–H and O–H groups in total. The minimum Gasteiger partial charge on any atom is -0.488 e. The fourth-order valence-electron chi connectivity index (χ4n) is 2.04. The molecule has 0 aliphatic heterocycles. The molecule has 0 bridgehead atoms. The lowest BCUT2D eigenvalue weighted by Gasteiger charge is -2.34. The molecule has 2 nitrogen and oxygen atoms in total. The van der Waals surface area contributed by atoms with Crippen LogP contribution >= 0.6 is 0 Å². The van der Waals surface area contributed by atoms with Crippen LogP contribution in [0, 0.1) is 0 Å². The van der Waals surface area contributed by atoms with Crippen LogP contribution in [0.15, 0.2) is 24.3 Å². The minimum absolute atomic E-state index is 0.0507. The summed E-state index contributed by atoms with van der Waals surface area (Å²) in [5.74, 6) is -19.6. The number of ether oxygens (including phenoxy) is 1. The van der Waals surface area contributed by atoms with Crippen molar-refractivity contribution in [2.24, 2.45) is 0 Å². The van der Waals surface area contributed by atoms with Crippen molar-refractivity contribution in [3.05, 3.63) is 29.8 Å². The smallest absolute Gasteiger partial charge is 0.460 e. The van der Waals surface area contributed by atoms with Gasteiger partial charge < -0.3 is 9.84 Å². The van der Waals surface area contributed by atoms with Gasteiger partial charge in [0.1, 0.15) is 11.4 Å². The van der Waals surface area contributed by atoms with Crippen molar-refractivity contribution in [3.63, 3.8) is 0 Å². The van der Waals surface area contributed by atoms with Crippen molar-refractivity contribution in [1.82, 2.24) is 0 Å². The number of benzene rings is 1. The summed E-state index contributed by atoms with van der Waals surface area (Å²) in [5, 5.41) is 9.72. The number of aliphatic hydroxyl groups excluding tert-OH is 1. The van der Waals surface area contributed by atoms with Gasteiger partial charge in [-0.2, -0.15) is 39.5 Å². The first-order valence-corrected chi connectivity index (χ1v) is 7.49. The average molecular weight is 412 g/mol. The predicted octanol–water partition coefficient (Wildman–Crippen LogP) is 5.76. The molecule has 0 heterocycles. The Morgan fingerprint density at radius 2 is 1.41 bits per heavy atom. The largest absolute Gasteiger partial charge is 0.488 e. The molecular weight excluding hydrogens is 395 g/mol. The molecule has 0 aliphatic carbocycles. The molecule has 0 amide bonds. The van der Waals surface area contributed by atoms with Gasteiger partial charge in [0.15, 0.2) is 0 Å². The molecule has 1 atom stereocenters. The third-order valence-electron chi connectivity index (χ3n) is 3.33. The van der Waals surface area contributed by atoms with Gasteiger partial charge in [-0.25, -0.2) is 0 Å². The van der Waals surface area contributed by atoms with E-state index in [1.807, 2.05) is 0 Å². The second kappa shape index (κ2) is 7.06. The highest BCUT2D eigenvalue weighted by atomic mass is 19.4. The maximum absolute atomic E-state index is 13.6. The van der Waals surface area contributed by atoms with E-state index in [2.05, 4.69) is 0 Å². The summed E-state index contributed by atoms with van der Waals surface area (Å²) < 4.78 is 121. The van der Waals surface area contributed by atoms with Crippen LogP contribution in [0.5, 0.6) is 5.75 Å². The zero-order valence-corrected chi connectivity index (χ0v) is 14.4. The third kappa shape index (κ3) is 4.99. The van der Waals surface area contributed by atoms with Crippen LogP contribution < -0.4 is 4.74 Å². The monoisotopic (exact) mass is 412 g/mol. The van der Waals surface area contributed by atoms with Crippen molar-refractivity contribution < 1.29 is 49.4 Å². The summed E-state index contributed by atoms with van der Waals surface area (Å²) in [6, 6.07) is 4.56. The fourth-order valence-corrected chi connectivity index (χ4v) is 2.04. The lowest BCUT2D eigenvalue weighted by atomic mass is 9.95. The van der Waals surface area contributed by atoms with Crippen molar-refractivity contribution in [2.75, 3.05) is 0 Å². The molecule has 0 aromatic heterocycles. The summed E-state index contributed by atoms with van der Waals surface area (Å²) in [6.45, 7) is 4.89. The number of alkyl halides is 9. The SMILES string of the molecule is CC(C)(C)Oc1cccc(C(O)CC(F)(F)C(F)(F)C(F)(F)C(F)(F)F)c1. The lowest BCUT2D eigenvalue weighted by molar-refractivity contribution is -0.398. The van der Waals surface area contributed by atoms with Gasteiger partial charge in [-0.05, 0) is 38.5 Å².